The van der Waals surface area contributed by atoms with Gasteiger partial charge in [0, 0.05) is 19.1 Å². The van der Waals surface area contributed by atoms with Crippen LogP contribution in [0.2, 0.25) is 0 Å². The van der Waals surface area contributed by atoms with E-state index in [0.29, 0.717) is 0 Å². The molecular formula is C18H38O2. The van der Waals surface area contributed by atoms with E-state index in [1.807, 2.05) is 0 Å². The van der Waals surface area contributed by atoms with Crippen LogP contribution in [0.4, 0.5) is 0 Å². The van der Waals surface area contributed by atoms with Gasteiger partial charge in [0.05, 0.1) is 0 Å². The average Bonchev–Trinajstić information content (AvgIpc) is 2.48. The fourth-order valence-corrected chi connectivity index (χ4v) is 2.69. The molecule has 20 heavy (non-hydrogen) atoms. The molecule has 0 saturated heterocycles. The Morgan fingerprint density at radius 3 is 1.25 bits per heavy atom. The molecule has 0 spiro atoms. The smallest absolute Gasteiger partial charge is 0.0481 e. The van der Waals surface area contributed by atoms with Crippen LogP contribution in [-0.2, 0) is 0 Å². The Bertz CT molecular complexity index is 167. The molecular weight excluding hydrogens is 248 g/mol. The predicted octanol–water partition coefficient (Wildman–Crippen LogP) is 5.07. The van der Waals surface area contributed by atoms with Crippen molar-refractivity contribution in [3.63, 3.8) is 0 Å². The number of rotatable bonds is 16. The van der Waals surface area contributed by atoms with Gasteiger partial charge in [-0.25, -0.2) is 0 Å². The summed E-state index contributed by atoms with van der Waals surface area (Å²) in [4.78, 5) is 0. The maximum absolute atomic E-state index is 8.96. The summed E-state index contributed by atoms with van der Waals surface area (Å²) in [5.74, 6) is 0.114. The Labute approximate surface area is 127 Å². The highest BCUT2D eigenvalue weighted by molar-refractivity contribution is 4.56. The Hall–Kier alpha value is -0.0800. The van der Waals surface area contributed by atoms with Gasteiger partial charge in [-0.2, -0.15) is 0 Å². The number of aliphatic hydroxyl groups is 2. The minimum atomic E-state index is 0.114. The Morgan fingerprint density at radius 2 is 0.900 bits per heavy atom. The van der Waals surface area contributed by atoms with Crippen molar-refractivity contribution in [3.8, 4) is 0 Å². The Morgan fingerprint density at radius 1 is 0.550 bits per heavy atom. The molecule has 2 N–H and O–H groups in total. The summed E-state index contributed by atoms with van der Waals surface area (Å²) in [5.41, 5.74) is 0. The number of aliphatic hydroxyl groups excluding tert-OH is 2. The van der Waals surface area contributed by atoms with Gasteiger partial charge in [-0.1, -0.05) is 90.4 Å². The standard InChI is InChI=1S/C18H38O2/c1-2-3-4-5-6-7-8-9-10-11-12-13-14-15-18(16-19)17-20/h18-20H,2-17H2,1H3. The lowest BCUT2D eigenvalue weighted by Crippen LogP contribution is -2.10. The second kappa shape index (κ2) is 17.0. The van der Waals surface area contributed by atoms with Crippen molar-refractivity contribution in [2.45, 2.75) is 96.8 Å². The fraction of sp³-hybridized carbons (Fsp3) is 1.00. The third-order valence-corrected chi connectivity index (χ3v) is 4.23. The first-order chi connectivity index (χ1) is 9.85. The normalized spacial score (nSPS) is 11.4. The van der Waals surface area contributed by atoms with Gasteiger partial charge in [0.15, 0.2) is 0 Å². The van der Waals surface area contributed by atoms with Crippen LogP contribution in [0.5, 0.6) is 0 Å². The zero-order valence-electron chi connectivity index (χ0n) is 13.8. The summed E-state index contributed by atoms with van der Waals surface area (Å²) in [7, 11) is 0. The fourth-order valence-electron chi connectivity index (χ4n) is 2.69. The van der Waals surface area contributed by atoms with E-state index in [1.165, 1.54) is 77.0 Å². The lowest BCUT2D eigenvalue weighted by atomic mass is 10.0. The molecule has 0 amide bonds. The number of hydrogen-bond acceptors (Lipinski definition) is 2. The maximum Gasteiger partial charge on any atom is 0.0481 e. The molecule has 0 atom stereocenters. The van der Waals surface area contributed by atoms with Crippen LogP contribution in [0, 0.1) is 5.92 Å². The molecule has 0 unspecified atom stereocenters. The first kappa shape index (κ1) is 19.9. The first-order valence-electron chi connectivity index (χ1n) is 9.06. The molecule has 122 valence electrons. The molecule has 0 aromatic heterocycles. The van der Waals surface area contributed by atoms with Crippen molar-refractivity contribution in [1.29, 1.82) is 0 Å². The lowest BCUT2D eigenvalue weighted by Gasteiger charge is -2.09. The molecule has 0 bridgehead atoms. The quantitative estimate of drug-likeness (QED) is 0.389. The van der Waals surface area contributed by atoms with Crippen molar-refractivity contribution in [2.24, 2.45) is 5.92 Å². The maximum atomic E-state index is 8.96. The predicted molar refractivity (Wildman–Crippen MR) is 88.0 cm³/mol. The van der Waals surface area contributed by atoms with Crippen molar-refractivity contribution < 1.29 is 10.2 Å². The second-order valence-electron chi connectivity index (χ2n) is 6.26. The summed E-state index contributed by atoms with van der Waals surface area (Å²) in [5, 5.41) is 17.9. The molecule has 0 aromatic carbocycles. The summed E-state index contributed by atoms with van der Waals surface area (Å²) < 4.78 is 0. The van der Waals surface area contributed by atoms with Gasteiger partial charge in [-0.15, -0.1) is 0 Å². The average molecular weight is 286 g/mol. The van der Waals surface area contributed by atoms with Crippen LogP contribution in [0.15, 0.2) is 0 Å². The van der Waals surface area contributed by atoms with Gasteiger partial charge in [0.25, 0.3) is 0 Å². The molecule has 2 nitrogen and oxygen atoms in total. The zero-order chi connectivity index (χ0) is 14.9. The molecule has 0 aliphatic rings. The van der Waals surface area contributed by atoms with E-state index in [-0.39, 0.29) is 19.1 Å². The third kappa shape index (κ3) is 14.3. The SMILES string of the molecule is CCCCCCCCCCCCCCCC(CO)CO. The highest BCUT2D eigenvalue weighted by Crippen LogP contribution is 2.14. The summed E-state index contributed by atoms with van der Waals surface area (Å²) in [6.45, 7) is 2.54. The molecule has 0 heterocycles. The van der Waals surface area contributed by atoms with Gasteiger partial charge >= 0.3 is 0 Å². The number of unbranched alkanes of at least 4 members (excludes halogenated alkanes) is 12. The molecule has 0 saturated carbocycles. The second-order valence-corrected chi connectivity index (χ2v) is 6.26. The first-order valence-corrected chi connectivity index (χ1v) is 9.06. The van der Waals surface area contributed by atoms with Crippen LogP contribution in [0.3, 0.4) is 0 Å². The van der Waals surface area contributed by atoms with E-state index in [1.54, 1.807) is 0 Å². The molecule has 0 radical (unpaired) electrons. The van der Waals surface area contributed by atoms with E-state index in [0.717, 1.165) is 12.8 Å². The van der Waals surface area contributed by atoms with Crippen molar-refractivity contribution in [2.75, 3.05) is 13.2 Å². The highest BCUT2D eigenvalue weighted by atomic mass is 16.3. The van der Waals surface area contributed by atoms with Gasteiger partial charge in [-0.3, -0.25) is 0 Å². The van der Waals surface area contributed by atoms with E-state index in [9.17, 15) is 0 Å². The Balaban J connectivity index is 3.02. The molecule has 0 aliphatic heterocycles. The zero-order valence-corrected chi connectivity index (χ0v) is 13.8. The van der Waals surface area contributed by atoms with E-state index < -0.39 is 0 Å². The van der Waals surface area contributed by atoms with Crippen molar-refractivity contribution in [3.05, 3.63) is 0 Å². The Kier molecular flexibility index (Phi) is 16.9. The van der Waals surface area contributed by atoms with Crippen molar-refractivity contribution in [1.82, 2.24) is 0 Å². The third-order valence-electron chi connectivity index (χ3n) is 4.23. The van der Waals surface area contributed by atoms with Crippen molar-refractivity contribution >= 4 is 0 Å². The van der Waals surface area contributed by atoms with Gasteiger partial charge in [0.1, 0.15) is 0 Å². The minimum absolute atomic E-state index is 0.114. The summed E-state index contributed by atoms with van der Waals surface area (Å²) in [6.07, 6.45) is 18.8. The van der Waals surface area contributed by atoms with E-state index in [4.69, 9.17) is 10.2 Å². The van der Waals surface area contributed by atoms with Crippen LogP contribution in [-0.4, -0.2) is 23.4 Å². The molecule has 0 aliphatic carbocycles. The minimum Gasteiger partial charge on any atom is -0.396 e. The van der Waals surface area contributed by atoms with Gasteiger partial charge < -0.3 is 10.2 Å². The van der Waals surface area contributed by atoms with E-state index >= 15 is 0 Å². The summed E-state index contributed by atoms with van der Waals surface area (Å²) >= 11 is 0. The van der Waals surface area contributed by atoms with Crippen LogP contribution in [0.1, 0.15) is 96.8 Å². The van der Waals surface area contributed by atoms with Gasteiger partial charge in [0.2, 0.25) is 0 Å². The topological polar surface area (TPSA) is 40.5 Å². The monoisotopic (exact) mass is 286 g/mol. The van der Waals surface area contributed by atoms with Crippen LogP contribution in [0.25, 0.3) is 0 Å². The summed E-state index contributed by atoms with van der Waals surface area (Å²) in [6, 6.07) is 0. The van der Waals surface area contributed by atoms with Crippen LogP contribution >= 0.6 is 0 Å². The molecule has 0 aromatic rings. The largest absolute Gasteiger partial charge is 0.396 e. The molecule has 0 fully saturated rings. The van der Waals surface area contributed by atoms with Gasteiger partial charge in [-0.05, 0) is 6.42 Å². The lowest BCUT2D eigenvalue weighted by molar-refractivity contribution is 0.141. The highest BCUT2D eigenvalue weighted by Gasteiger charge is 2.04. The molecule has 2 heteroatoms. The van der Waals surface area contributed by atoms with Crippen LogP contribution < -0.4 is 0 Å². The van der Waals surface area contributed by atoms with E-state index in [2.05, 4.69) is 6.92 Å². The number of hydrogen-bond donors (Lipinski definition) is 2. The molecule has 0 rings (SSSR count).